The largest absolute Gasteiger partial charge is 0.324 e. The van der Waals surface area contributed by atoms with Crippen molar-refractivity contribution in [2.75, 3.05) is 32.1 Å². The molecule has 0 amide bonds. The Bertz CT molecular complexity index is 2380. The molecule has 2 heterocycles. The van der Waals surface area contributed by atoms with Gasteiger partial charge in [-0.1, -0.05) is 60.7 Å². The maximum Gasteiger partial charge on any atom is 0.269 e. The molecule has 0 atom stereocenters. The molecule has 2 aromatic heterocycles. The van der Waals surface area contributed by atoms with Crippen LogP contribution < -0.4 is 32.1 Å². The van der Waals surface area contributed by atoms with Crippen molar-refractivity contribution < 1.29 is 9.85 Å². The molecule has 0 aliphatic carbocycles. The summed E-state index contributed by atoms with van der Waals surface area (Å²) >= 11 is 0. The molecule has 286 valence electrons. The van der Waals surface area contributed by atoms with Crippen molar-refractivity contribution in [2.45, 2.75) is 0 Å². The van der Waals surface area contributed by atoms with Gasteiger partial charge in [0.25, 0.3) is 11.4 Å². The third-order valence-electron chi connectivity index (χ3n) is 7.69. The number of hydrazone groups is 2. The molecule has 0 aliphatic heterocycles. The van der Waals surface area contributed by atoms with Crippen LogP contribution in [0.15, 0.2) is 144 Å². The zero-order valence-corrected chi connectivity index (χ0v) is 30.0. The van der Waals surface area contributed by atoms with Crippen molar-refractivity contribution in [3.05, 3.63) is 165 Å². The number of aromatic nitrogens is 6. The third-order valence-corrected chi connectivity index (χ3v) is 7.69. The van der Waals surface area contributed by atoms with Crippen LogP contribution in [-0.4, -0.2) is 52.2 Å². The van der Waals surface area contributed by atoms with E-state index in [4.69, 9.17) is 0 Å². The normalized spacial score (nSPS) is 10.9. The minimum atomic E-state index is -0.477. The monoisotopic (exact) mass is 774 g/mol. The van der Waals surface area contributed by atoms with E-state index in [1.807, 2.05) is 84.9 Å². The van der Waals surface area contributed by atoms with Gasteiger partial charge < -0.3 is 21.3 Å². The number of para-hydroxylation sites is 2. The van der Waals surface area contributed by atoms with Crippen molar-refractivity contribution in [1.82, 2.24) is 29.9 Å². The molecule has 0 radical (unpaired) electrons. The first-order valence-corrected chi connectivity index (χ1v) is 17.2. The Hall–Kier alpha value is -8.94. The Labute approximate surface area is 328 Å². The summed E-state index contributed by atoms with van der Waals surface area (Å²) in [6.07, 6.45) is 3.17. The second-order valence-corrected chi connectivity index (χ2v) is 11.9. The van der Waals surface area contributed by atoms with Crippen molar-refractivity contribution >= 4 is 82.2 Å². The molecule has 7 rings (SSSR count). The Balaban J connectivity index is 1.01. The van der Waals surface area contributed by atoms with Crippen LogP contribution in [0.4, 0.5) is 69.8 Å². The molecule has 58 heavy (non-hydrogen) atoms. The maximum absolute atomic E-state index is 11.1. The number of nitro benzene ring substituents is 2. The number of nitrogens with zero attached hydrogens (tertiary/aromatic N) is 10. The summed E-state index contributed by atoms with van der Waals surface area (Å²) in [5.74, 6) is 1.09. The lowest BCUT2D eigenvalue weighted by atomic mass is 10.2. The van der Waals surface area contributed by atoms with Crippen molar-refractivity contribution in [1.29, 1.82) is 0 Å². The van der Waals surface area contributed by atoms with E-state index >= 15 is 0 Å². The molecule has 20 nitrogen and oxygen atoms in total. The van der Waals surface area contributed by atoms with Crippen LogP contribution in [0.3, 0.4) is 0 Å². The fourth-order valence-electron chi connectivity index (χ4n) is 4.97. The van der Waals surface area contributed by atoms with E-state index in [1.165, 1.54) is 24.3 Å². The van der Waals surface area contributed by atoms with E-state index in [0.29, 0.717) is 11.4 Å². The van der Waals surface area contributed by atoms with Crippen LogP contribution in [0.2, 0.25) is 0 Å². The molecule has 5 aromatic carbocycles. The zero-order chi connectivity index (χ0) is 40.1. The third kappa shape index (κ3) is 10.6. The minimum Gasteiger partial charge on any atom is -0.324 e. The van der Waals surface area contributed by atoms with Gasteiger partial charge >= 0.3 is 0 Å². The van der Waals surface area contributed by atoms with Gasteiger partial charge in [0.15, 0.2) is 0 Å². The summed E-state index contributed by atoms with van der Waals surface area (Å²) in [6.45, 7) is 0. The summed E-state index contributed by atoms with van der Waals surface area (Å²) in [4.78, 5) is 47.6. The highest BCUT2D eigenvalue weighted by atomic mass is 16.6. The number of nitro groups is 2. The number of non-ortho nitro benzene ring substituents is 2. The van der Waals surface area contributed by atoms with E-state index in [9.17, 15) is 20.2 Å². The van der Waals surface area contributed by atoms with Gasteiger partial charge in [-0.3, -0.25) is 20.2 Å². The smallest absolute Gasteiger partial charge is 0.269 e. The van der Waals surface area contributed by atoms with E-state index in [2.05, 4.69) is 72.2 Å². The van der Waals surface area contributed by atoms with Gasteiger partial charge in [0.2, 0.25) is 35.7 Å². The molecule has 0 fully saturated rings. The lowest BCUT2D eigenvalue weighted by Crippen LogP contribution is -2.07. The summed E-state index contributed by atoms with van der Waals surface area (Å²) < 4.78 is 0. The summed E-state index contributed by atoms with van der Waals surface area (Å²) in [5.41, 5.74) is 9.67. The zero-order valence-electron chi connectivity index (χ0n) is 30.0. The molecule has 0 saturated carbocycles. The second-order valence-electron chi connectivity index (χ2n) is 11.9. The van der Waals surface area contributed by atoms with Crippen LogP contribution in [0.5, 0.6) is 0 Å². The lowest BCUT2D eigenvalue weighted by Gasteiger charge is -2.10. The Morgan fingerprint density at radius 1 is 0.397 bits per heavy atom. The fourth-order valence-corrected chi connectivity index (χ4v) is 4.97. The van der Waals surface area contributed by atoms with Crippen LogP contribution in [0, 0.1) is 20.2 Å². The molecule has 7 aromatic rings. The number of rotatable bonds is 16. The molecule has 0 aliphatic rings. The minimum absolute atomic E-state index is 0.0433. The molecule has 6 N–H and O–H groups in total. The standard InChI is InChI=1S/C38H30N16O4/c55-53(56)31-19-15-29(16-20-31)43-35-45-33(41-27-7-3-1-4-8-27)47-37(49-35)51-39-23-25-11-13-26(14-12-25)24-40-52-38-48-34(42-28-9-5-2-6-10-28)46-36(50-38)44-30-17-21-32(22-18-30)54(57)58/h1-24H,(H3,41,43,45,47,49,51)(H3,42,44,46,48,50,52)/b39-23+,40-24+. The molecule has 20 heteroatoms. The first-order valence-electron chi connectivity index (χ1n) is 17.2. The Morgan fingerprint density at radius 3 is 1.00 bits per heavy atom. The average Bonchev–Trinajstić information content (AvgIpc) is 3.22. The number of hydrogen-bond donors (Lipinski definition) is 6. The molecule has 0 unspecified atom stereocenters. The average molecular weight is 775 g/mol. The van der Waals surface area contributed by atoms with Gasteiger partial charge in [0, 0.05) is 47.0 Å². The fraction of sp³-hybridized carbons (Fsp3) is 0. The lowest BCUT2D eigenvalue weighted by molar-refractivity contribution is -0.385. The quantitative estimate of drug-likeness (QED) is 0.0311. The summed E-state index contributed by atoms with van der Waals surface area (Å²) in [7, 11) is 0. The maximum atomic E-state index is 11.1. The molecule has 0 saturated heterocycles. The van der Waals surface area contributed by atoms with Crippen LogP contribution in [0.25, 0.3) is 0 Å². The van der Waals surface area contributed by atoms with Crippen LogP contribution in [0.1, 0.15) is 11.1 Å². The number of nitrogens with one attached hydrogen (secondary N) is 6. The number of anilines is 10. The van der Waals surface area contributed by atoms with E-state index in [0.717, 1.165) is 22.5 Å². The second kappa shape index (κ2) is 17.9. The predicted octanol–water partition coefficient (Wildman–Crippen LogP) is 7.74. The number of benzene rings is 5. The van der Waals surface area contributed by atoms with E-state index in [-0.39, 0.29) is 47.1 Å². The highest BCUT2D eigenvalue weighted by molar-refractivity contribution is 5.84. The summed E-state index contributed by atoms with van der Waals surface area (Å²) in [5, 5.41) is 43.0. The topological polar surface area (TPSA) is 261 Å². The van der Waals surface area contributed by atoms with E-state index in [1.54, 1.807) is 36.7 Å². The van der Waals surface area contributed by atoms with Crippen molar-refractivity contribution in [3.8, 4) is 0 Å². The Morgan fingerprint density at radius 2 is 0.690 bits per heavy atom. The van der Waals surface area contributed by atoms with Crippen molar-refractivity contribution in [3.63, 3.8) is 0 Å². The van der Waals surface area contributed by atoms with Gasteiger partial charge in [-0.2, -0.15) is 40.1 Å². The SMILES string of the molecule is O=[N+]([O-])c1ccc(Nc2nc(N/N=C/c3ccc(/C=N/Nc4nc(Nc5ccccc5)nc(Nc5ccc([N+](=O)[O-])cc5)n4)cc3)nc(Nc3ccccc3)n2)cc1. The first-order chi connectivity index (χ1) is 28.3. The van der Waals surface area contributed by atoms with Gasteiger partial charge in [-0.15, -0.1) is 0 Å². The van der Waals surface area contributed by atoms with Gasteiger partial charge in [-0.05, 0) is 59.7 Å². The first kappa shape index (κ1) is 37.4. The molecule has 0 spiro atoms. The Kier molecular flexibility index (Phi) is 11.6. The van der Waals surface area contributed by atoms with Crippen LogP contribution in [-0.2, 0) is 0 Å². The van der Waals surface area contributed by atoms with E-state index < -0.39 is 9.85 Å². The van der Waals surface area contributed by atoms with Gasteiger partial charge in [0.05, 0.1) is 22.3 Å². The van der Waals surface area contributed by atoms with Crippen molar-refractivity contribution in [2.24, 2.45) is 10.2 Å². The molecular weight excluding hydrogens is 745 g/mol. The molecule has 0 bridgehead atoms. The summed E-state index contributed by atoms with van der Waals surface area (Å²) in [6, 6.07) is 37.7. The van der Waals surface area contributed by atoms with Gasteiger partial charge in [-0.25, -0.2) is 10.9 Å². The molecular formula is C38H30N16O4. The van der Waals surface area contributed by atoms with Crippen LogP contribution >= 0.6 is 0 Å². The highest BCUT2D eigenvalue weighted by Crippen LogP contribution is 2.23. The van der Waals surface area contributed by atoms with Gasteiger partial charge in [0.1, 0.15) is 0 Å². The predicted molar refractivity (Wildman–Crippen MR) is 221 cm³/mol. The number of hydrogen-bond acceptors (Lipinski definition) is 18. The highest BCUT2D eigenvalue weighted by Gasteiger charge is 2.11.